The van der Waals surface area contributed by atoms with Gasteiger partial charge in [0.15, 0.2) is 0 Å². The van der Waals surface area contributed by atoms with E-state index in [0.717, 1.165) is 25.8 Å². The van der Waals surface area contributed by atoms with Crippen molar-refractivity contribution < 1.29 is 9.59 Å². The molecule has 0 aromatic carbocycles. The van der Waals surface area contributed by atoms with E-state index in [0.29, 0.717) is 13.0 Å². The lowest BCUT2D eigenvalue weighted by Crippen LogP contribution is -2.48. The van der Waals surface area contributed by atoms with Crippen molar-refractivity contribution in [1.82, 2.24) is 10.2 Å². The van der Waals surface area contributed by atoms with Gasteiger partial charge in [0.05, 0.1) is 5.92 Å². The van der Waals surface area contributed by atoms with Gasteiger partial charge in [-0.3, -0.25) is 9.59 Å². The minimum absolute atomic E-state index is 0.0246. The van der Waals surface area contributed by atoms with Crippen LogP contribution in [0.2, 0.25) is 0 Å². The molecule has 0 saturated carbocycles. The zero-order valence-corrected chi connectivity index (χ0v) is 14.6. The molecule has 1 heterocycles. The zero-order chi connectivity index (χ0) is 16.3. The molecule has 1 atom stereocenters. The van der Waals surface area contributed by atoms with Crippen molar-refractivity contribution in [3.63, 3.8) is 0 Å². The fourth-order valence-corrected chi connectivity index (χ4v) is 3.32. The molecule has 0 spiro atoms. The van der Waals surface area contributed by atoms with Crippen LogP contribution >= 0.6 is 0 Å². The number of nitrogens with one attached hydrogen (secondary N) is 1. The van der Waals surface area contributed by atoms with Crippen molar-refractivity contribution in [1.29, 1.82) is 0 Å². The van der Waals surface area contributed by atoms with E-state index in [9.17, 15) is 9.59 Å². The first-order chi connectivity index (χ1) is 9.54. The van der Waals surface area contributed by atoms with Crippen LogP contribution in [0.1, 0.15) is 67.2 Å². The second kappa shape index (κ2) is 6.80. The third kappa shape index (κ3) is 6.06. The van der Waals surface area contributed by atoms with Gasteiger partial charge >= 0.3 is 0 Å². The molecule has 4 nitrogen and oxygen atoms in total. The highest BCUT2D eigenvalue weighted by Crippen LogP contribution is 2.28. The number of carbonyl (C=O) groups is 2. The third-order valence-electron chi connectivity index (χ3n) is 3.80. The van der Waals surface area contributed by atoms with Crippen molar-refractivity contribution in [2.45, 2.75) is 72.8 Å². The molecule has 2 amide bonds. The second-order valence-corrected chi connectivity index (χ2v) is 8.20. The molecule has 1 N–H and O–H groups in total. The van der Waals surface area contributed by atoms with Gasteiger partial charge in [0.2, 0.25) is 11.8 Å². The fourth-order valence-electron chi connectivity index (χ4n) is 3.32. The maximum absolute atomic E-state index is 12.4. The monoisotopic (exact) mass is 296 g/mol. The van der Waals surface area contributed by atoms with Gasteiger partial charge in [-0.2, -0.15) is 0 Å². The van der Waals surface area contributed by atoms with Crippen LogP contribution in [0, 0.1) is 11.3 Å². The van der Waals surface area contributed by atoms with Crippen molar-refractivity contribution in [3.8, 4) is 0 Å². The van der Waals surface area contributed by atoms with E-state index in [1.807, 2.05) is 4.90 Å². The van der Waals surface area contributed by atoms with Crippen LogP contribution in [0.25, 0.3) is 0 Å². The van der Waals surface area contributed by atoms with Crippen LogP contribution in [0.15, 0.2) is 0 Å². The number of amides is 2. The maximum atomic E-state index is 12.4. The predicted molar refractivity (Wildman–Crippen MR) is 85.9 cm³/mol. The van der Waals surface area contributed by atoms with E-state index in [-0.39, 0.29) is 28.7 Å². The third-order valence-corrected chi connectivity index (χ3v) is 3.80. The Hall–Kier alpha value is -1.06. The van der Waals surface area contributed by atoms with Gasteiger partial charge in [0.1, 0.15) is 0 Å². The largest absolute Gasteiger partial charge is 0.351 e. The quantitative estimate of drug-likeness (QED) is 0.819. The molecule has 0 aromatic heterocycles. The fraction of sp³-hybridized carbons (Fsp3) is 0.882. The lowest BCUT2D eigenvalue weighted by atomic mass is 9.81. The Kier molecular flexibility index (Phi) is 5.83. The van der Waals surface area contributed by atoms with Crippen LogP contribution < -0.4 is 5.32 Å². The maximum Gasteiger partial charge on any atom is 0.225 e. The number of hydrogen-bond donors (Lipinski definition) is 1. The summed E-state index contributed by atoms with van der Waals surface area (Å²) in [6.45, 7) is 14.1. The molecule has 4 heteroatoms. The molecular weight excluding hydrogens is 264 g/mol. The summed E-state index contributed by atoms with van der Waals surface area (Å²) in [5.74, 6) is -0.0394. The van der Waals surface area contributed by atoms with Crippen LogP contribution in [-0.2, 0) is 9.59 Å². The van der Waals surface area contributed by atoms with Gasteiger partial charge < -0.3 is 10.2 Å². The highest BCUT2D eigenvalue weighted by molar-refractivity contribution is 5.89. The first-order valence-corrected chi connectivity index (χ1v) is 8.14. The zero-order valence-electron chi connectivity index (χ0n) is 14.6. The van der Waals surface area contributed by atoms with E-state index < -0.39 is 0 Å². The number of rotatable bonds is 6. The Morgan fingerprint density at radius 3 is 2.43 bits per heavy atom. The number of unbranched alkanes of at least 4 members (excludes halogenated alkanes) is 1. The molecule has 1 fully saturated rings. The summed E-state index contributed by atoms with van der Waals surface area (Å²) in [6.07, 6.45) is 3.35. The highest BCUT2D eigenvalue weighted by atomic mass is 16.2. The van der Waals surface area contributed by atoms with E-state index in [4.69, 9.17) is 0 Å². The van der Waals surface area contributed by atoms with Crippen LogP contribution in [0.3, 0.4) is 0 Å². The van der Waals surface area contributed by atoms with E-state index in [2.05, 4.69) is 46.9 Å². The van der Waals surface area contributed by atoms with Gasteiger partial charge in [-0.1, -0.05) is 34.1 Å². The topological polar surface area (TPSA) is 49.4 Å². The van der Waals surface area contributed by atoms with Gasteiger partial charge in [0, 0.05) is 25.0 Å². The first kappa shape index (κ1) is 18.0. The van der Waals surface area contributed by atoms with Gasteiger partial charge in [0.25, 0.3) is 0 Å². The average Bonchev–Trinajstić information content (AvgIpc) is 2.64. The van der Waals surface area contributed by atoms with Gasteiger partial charge in [-0.15, -0.1) is 0 Å². The molecule has 1 unspecified atom stereocenters. The lowest BCUT2D eigenvalue weighted by molar-refractivity contribution is -0.129. The molecule has 0 aliphatic carbocycles. The Bertz CT molecular complexity index is 383. The molecule has 1 aliphatic rings. The van der Waals surface area contributed by atoms with Gasteiger partial charge in [-0.05, 0) is 32.1 Å². The molecule has 1 rings (SSSR count). The average molecular weight is 296 g/mol. The summed E-state index contributed by atoms with van der Waals surface area (Å²) in [6, 6.07) is 0. The Morgan fingerprint density at radius 1 is 1.29 bits per heavy atom. The molecule has 0 bridgehead atoms. The number of hydrogen-bond acceptors (Lipinski definition) is 2. The molecule has 0 radical (unpaired) electrons. The standard InChI is InChI=1S/C17H32N2O2/c1-7-8-9-19-11-13(10-14(19)20)15(21)18-17(5,6)12-16(2,3)4/h13H,7-12H2,1-6H3,(H,18,21). The van der Waals surface area contributed by atoms with E-state index in [1.54, 1.807) is 0 Å². The van der Waals surface area contributed by atoms with Gasteiger partial charge in [-0.25, -0.2) is 0 Å². The smallest absolute Gasteiger partial charge is 0.225 e. The van der Waals surface area contributed by atoms with Crippen LogP contribution in [0.5, 0.6) is 0 Å². The Balaban J connectivity index is 2.55. The normalized spacial score (nSPS) is 20.0. The van der Waals surface area contributed by atoms with E-state index in [1.165, 1.54) is 0 Å². The van der Waals surface area contributed by atoms with Crippen LogP contribution in [-0.4, -0.2) is 35.3 Å². The number of nitrogens with zero attached hydrogens (tertiary/aromatic N) is 1. The minimum atomic E-state index is -0.241. The van der Waals surface area contributed by atoms with Crippen molar-refractivity contribution in [3.05, 3.63) is 0 Å². The SMILES string of the molecule is CCCCN1CC(C(=O)NC(C)(C)CC(C)(C)C)CC1=O. The summed E-state index contributed by atoms with van der Waals surface area (Å²) >= 11 is 0. The first-order valence-electron chi connectivity index (χ1n) is 8.14. The number of likely N-dealkylation sites (tertiary alicyclic amines) is 1. The minimum Gasteiger partial charge on any atom is -0.351 e. The van der Waals surface area contributed by atoms with E-state index >= 15 is 0 Å². The molecule has 1 aliphatic heterocycles. The summed E-state index contributed by atoms with van der Waals surface area (Å²) in [7, 11) is 0. The summed E-state index contributed by atoms with van der Waals surface area (Å²) < 4.78 is 0. The van der Waals surface area contributed by atoms with Crippen molar-refractivity contribution >= 4 is 11.8 Å². The lowest BCUT2D eigenvalue weighted by Gasteiger charge is -2.34. The molecule has 0 aromatic rings. The number of carbonyl (C=O) groups excluding carboxylic acids is 2. The molecular formula is C17H32N2O2. The predicted octanol–water partition coefficient (Wildman–Crippen LogP) is 2.97. The second-order valence-electron chi connectivity index (χ2n) is 8.20. The molecule has 122 valence electrons. The molecule has 21 heavy (non-hydrogen) atoms. The van der Waals surface area contributed by atoms with Crippen molar-refractivity contribution in [2.75, 3.05) is 13.1 Å². The highest BCUT2D eigenvalue weighted by Gasteiger charge is 2.36. The Labute approximate surface area is 129 Å². The van der Waals surface area contributed by atoms with Crippen LogP contribution in [0.4, 0.5) is 0 Å². The van der Waals surface area contributed by atoms with Crippen molar-refractivity contribution in [2.24, 2.45) is 11.3 Å². The summed E-state index contributed by atoms with van der Waals surface area (Å²) in [5, 5.41) is 3.13. The summed E-state index contributed by atoms with van der Waals surface area (Å²) in [4.78, 5) is 26.2. The Morgan fingerprint density at radius 2 is 1.90 bits per heavy atom. The summed E-state index contributed by atoms with van der Waals surface area (Å²) in [5.41, 5.74) is -0.0787. The molecule has 1 saturated heterocycles.